The Hall–Kier alpha value is -0.620. The molecule has 3 N–H and O–H groups in total. The van der Waals surface area contributed by atoms with Crippen molar-refractivity contribution in [3.63, 3.8) is 0 Å². The molecule has 23 heavy (non-hydrogen) atoms. The molecular formula is C18H38N2O3. The topological polar surface area (TPSA) is 62.8 Å². The van der Waals surface area contributed by atoms with Gasteiger partial charge >= 0.3 is 0 Å². The van der Waals surface area contributed by atoms with Crippen molar-refractivity contribution in [2.24, 2.45) is 0 Å². The summed E-state index contributed by atoms with van der Waals surface area (Å²) in [5, 5.41) is 16.0. The number of rotatable bonds is 14. The predicted octanol–water partition coefficient (Wildman–Crippen LogP) is 2.80. The predicted molar refractivity (Wildman–Crippen MR) is 96.4 cm³/mol. The summed E-state index contributed by atoms with van der Waals surface area (Å²) in [4.78, 5) is 0. The van der Waals surface area contributed by atoms with Crippen LogP contribution in [0.25, 0.3) is 0 Å². The van der Waals surface area contributed by atoms with E-state index < -0.39 is 6.23 Å². The van der Waals surface area contributed by atoms with Crippen molar-refractivity contribution in [2.45, 2.75) is 78.2 Å². The van der Waals surface area contributed by atoms with Crippen molar-refractivity contribution in [2.75, 3.05) is 26.3 Å². The van der Waals surface area contributed by atoms with Gasteiger partial charge in [-0.15, -0.1) is 0 Å². The summed E-state index contributed by atoms with van der Waals surface area (Å²) in [6.45, 7) is 19.1. The molecule has 0 aromatic heterocycles. The third kappa shape index (κ3) is 13.5. The van der Waals surface area contributed by atoms with Crippen molar-refractivity contribution in [1.82, 2.24) is 10.6 Å². The average molecular weight is 331 g/mol. The Kier molecular flexibility index (Phi) is 10.7. The summed E-state index contributed by atoms with van der Waals surface area (Å²) in [5.41, 5.74) is 0.317. The molecule has 0 aliphatic rings. The minimum Gasteiger partial charge on any atom is -0.375 e. The zero-order valence-electron chi connectivity index (χ0n) is 16.0. The minimum atomic E-state index is -0.568. The molecule has 5 nitrogen and oxygen atoms in total. The molecular weight excluding hydrogens is 292 g/mol. The quantitative estimate of drug-likeness (QED) is 0.338. The van der Waals surface area contributed by atoms with Crippen molar-refractivity contribution < 1.29 is 14.6 Å². The number of hydrogen-bond donors (Lipinski definition) is 3. The highest BCUT2D eigenvalue weighted by molar-refractivity contribution is 4.86. The van der Waals surface area contributed by atoms with Crippen molar-refractivity contribution in [3.05, 3.63) is 12.3 Å². The summed E-state index contributed by atoms with van der Waals surface area (Å²) in [7, 11) is 0. The van der Waals surface area contributed by atoms with Crippen LogP contribution in [0.1, 0.15) is 60.8 Å². The molecule has 0 aromatic carbocycles. The van der Waals surface area contributed by atoms with Crippen LogP contribution in [0.15, 0.2) is 12.3 Å². The van der Waals surface area contributed by atoms with Gasteiger partial charge in [-0.2, -0.15) is 0 Å². The number of aliphatic hydroxyl groups is 1. The maximum atomic E-state index is 9.82. The standard InChI is InChI=1S/C18H38N2O3/c1-8-19-12-14-23-18(6,7)11-13-22-17(4,5)10-9-16(21)20-15(2)3/h16,19-21H,2,8-14H2,1,3-7H3. The van der Waals surface area contributed by atoms with E-state index in [9.17, 15) is 5.11 Å². The number of likely N-dealkylation sites (N-methyl/N-ethyl adjacent to an activating group) is 1. The molecule has 0 saturated heterocycles. The van der Waals surface area contributed by atoms with Crippen LogP contribution in [0, 0.1) is 0 Å². The Morgan fingerprint density at radius 3 is 2.22 bits per heavy atom. The van der Waals surface area contributed by atoms with E-state index in [4.69, 9.17) is 9.47 Å². The van der Waals surface area contributed by atoms with Crippen LogP contribution < -0.4 is 10.6 Å². The Morgan fingerprint density at radius 2 is 1.65 bits per heavy atom. The second kappa shape index (κ2) is 11.0. The van der Waals surface area contributed by atoms with Gasteiger partial charge in [-0.05, 0) is 60.4 Å². The maximum absolute atomic E-state index is 9.82. The van der Waals surface area contributed by atoms with E-state index in [0.29, 0.717) is 19.6 Å². The van der Waals surface area contributed by atoms with Gasteiger partial charge in [0.25, 0.3) is 0 Å². The van der Waals surface area contributed by atoms with E-state index in [1.54, 1.807) is 0 Å². The van der Waals surface area contributed by atoms with Gasteiger partial charge in [0.1, 0.15) is 6.23 Å². The normalized spacial score (nSPS) is 13.9. The van der Waals surface area contributed by atoms with Crippen LogP contribution in [0.5, 0.6) is 0 Å². The third-order valence-electron chi connectivity index (χ3n) is 3.65. The SMILES string of the molecule is C=C(C)NC(O)CCC(C)(C)OCCC(C)(C)OCCNCC. The fourth-order valence-electron chi connectivity index (χ4n) is 2.13. The van der Waals surface area contributed by atoms with E-state index in [0.717, 1.165) is 31.6 Å². The van der Waals surface area contributed by atoms with Crippen molar-refractivity contribution in [1.29, 1.82) is 0 Å². The average Bonchev–Trinajstić information content (AvgIpc) is 2.40. The van der Waals surface area contributed by atoms with Gasteiger partial charge in [0.05, 0.1) is 24.4 Å². The smallest absolute Gasteiger partial charge is 0.124 e. The highest BCUT2D eigenvalue weighted by atomic mass is 16.5. The fraction of sp³-hybridized carbons (Fsp3) is 0.889. The molecule has 0 amide bonds. The molecule has 0 radical (unpaired) electrons. The number of aliphatic hydroxyl groups excluding tert-OH is 1. The van der Waals surface area contributed by atoms with Crippen LogP contribution >= 0.6 is 0 Å². The van der Waals surface area contributed by atoms with E-state index in [1.807, 2.05) is 6.92 Å². The summed E-state index contributed by atoms with van der Waals surface area (Å²) in [6, 6.07) is 0. The zero-order chi connectivity index (χ0) is 17.9. The lowest BCUT2D eigenvalue weighted by atomic mass is 10.0. The van der Waals surface area contributed by atoms with Gasteiger partial charge < -0.3 is 25.2 Å². The lowest BCUT2D eigenvalue weighted by molar-refractivity contribution is -0.0768. The van der Waals surface area contributed by atoms with Gasteiger partial charge in [-0.25, -0.2) is 0 Å². The molecule has 1 unspecified atom stereocenters. The number of nitrogens with one attached hydrogen (secondary N) is 2. The number of hydrogen-bond acceptors (Lipinski definition) is 5. The van der Waals surface area contributed by atoms with Crippen LogP contribution in [0.3, 0.4) is 0 Å². The van der Waals surface area contributed by atoms with Gasteiger partial charge in [0.2, 0.25) is 0 Å². The molecule has 0 bridgehead atoms. The molecule has 0 fully saturated rings. The molecule has 0 saturated carbocycles. The molecule has 5 heteroatoms. The van der Waals surface area contributed by atoms with E-state index >= 15 is 0 Å². The molecule has 0 aliphatic heterocycles. The number of allylic oxidation sites excluding steroid dienone is 1. The Balaban J connectivity index is 3.96. The molecule has 1 atom stereocenters. The molecule has 0 aliphatic carbocycles. The summed E-state index contributed by atoms with van der Waals surface area (Å²) in [6.07, 6.45) is 1.68. The van der Waals surface area contributed by atoms with Crippen LogP contribution in [0.4, 0.5) is 0 Å². The monoisotopic (exact) mass is 330 g/mol. The van der Waals surface area contributed by atoms with E-state index in [-0.39, 0.29) is 11.2 Å². The summed E-state index contributed by atoms with van der Waals surface area (Å²) >= 11 is 0. The minimum absolute atomic E-state index is 0.188. The molecule has 0 heterocycles. The molecule has 0 rings (SSSR count). The lowest BCUT2D eigenvalue weighted by Crippen LogP contribution is -2.34. The second-order valence-corrected chi connectivity index (χ2v) is 7.30. The molecule has 0 spiro atoms. The third-order valence-corrected chi connectivity index (χ3v) is 3.65. The van der Waals surface area contributed by atoms with Crippen molar-refractivity contribution >= 4 is 0 Å². The van der Waals surface area contributed by atoms with Gasteiger partial charge in [-0.1, -0.05) is 13.5 Å². The Labute approximate surface area is 142 Å². The highest BCUT2D eigenvalue weighted by Gasteiger charge is 2.23. The second-order valence-electron chi connectivity index (χ2n) is 7.30. The first-order chi connectivity index (χ1) is 10.6. The largest absolute Gasteiger partial charge is 0.375 e. The first-order valence-electron chi connectivity index (χ1n) is 8.67. The van der Waals surface area contributed by atoms with Gasteiger partial charge in [0.15, 0.2) is 0 Å². The van der Waals surface area contributed by atoms with Gasteiger partial charge in [-0.3, -0.25) is 0 Å². The zero-order valence-corrected chi connectivity index (χ0v) is 16.0. The number of ether oxygens (including phenoxy) is 2. The summed E-state index contributed by atoms with van der Waals surface area (Å²) in [5.74, 6) is 0. The first kappa shape index (κ1) is 22.4. The fourth-order valence-corrected chi connectivity index (χ4v) is 2.13. The van der Waals surface area contributed by atoms with E-state index in [2.05, 4.69) is 51.8 Å². The molecule has 0 aromatic rings. The lowest BCUT2D eigenvalue weighted by Gasteiger charge is -2.30. The van der Waals surface area contributed by atoms with Gasteiger partial charge in [0, 0.05) is 12.2 Å². The summed E-state index contributed by atoms with van der Waals surface area (Å²) < 4.78 is 11.9. The Morgan fingerprint density at radius 1 is 1.09 bits per heavy atom. The van der Waals surface area contributed by atoms with E-state index in [1.165, 1.54) is 0 Å². The molecule has 138 valence electrons. The van der Waals surface area contributed by atoms with Crippen LogP contribution in [-0.4, -0.2) is 48.8 Å². The first-order valence-corrected chi connectivity index (χ1v) is 8.67. The van der Waals surface area contributed by atoms with Crippen LogP contribution in [0.2, 0.25) is 0 Å². The maximum Gasteiger partial charge on any atom is 0.124 e. The van der Waals surface area contributed by atoms with Crippen molar-refractivity contribution in [3.8, 4) is 0 Å². The van der Waals surface area contributed by atoms with Crippen LogP contribution in [-0.2, 0) is 9.47 Å². The Bertz CT molecular complexity index is 330. The highest BCUT2D eigenvalue weighted by Crippen LogP contribution is 2.21.